The van der Waals surface area contributed by atoms with Crippen molar-refractivity contribution in [1.82, 2.24) is 10.2 Å². The molecule has 1 saturated heterocycles. The average molecular weight is 292 g/mol. The third kappa shape index (κ3) is 2.75. The number of rotatable bonds is 3. The molecule has 114 valence electrons. The van der Waals surface area contributed by atoms with Gasteiger partial charge in [-0.2, -0.15) is 0 Å². The highest BCUT2D eigenvalue weighted by atomic mass is 19.1. The molecule has 0 radical (unpaired) electrons. The highest BCUT2D eigenvalue weighted by Gasteiger charge is 2.37. The van der Waals surface area contributed by atoms with Gasteiger partial charge in [0.25, 0.3) is 0 Å². The van der Waals surface area contributed by atoms with Crippen LogP contribution >= 0.6 is 0 Å². The number of methoxy groups -OCH3 is 1. The maximum Gasteiger partial charge on any atom is 0.238 e. The Morgan fingerprint density at radius 1 is 1.29 bits per heavy atom. The molecule has 2 aliphatic rings. The van der Waals surface area contributed by atoms with Crippen LogP contribution < -0.4 is 10.1 Å². The third-order valence-electron chi connectivity index (χ3n) is 4.47. The molecule has 1 saturated carbocycles. The van der Waals surface area contributed by atoms with E-state index in [1.807, 2.05) is 11.0 Å². The van der Waals surface area contributed by atoms with Gasteiger partial charge in [0.05, 0.1) is 13.7 Å². The van der Waals surface area contributed by atoms with Crippen LogP contribution in [0, 0.1) is 5.82 Å². The molecule has 4 nitrogen and oxygen atoms in total. The summed E-state index contributed by atoms with van der Waals surface area (Å²) in [6, 6.07) is 5.18. The zero-order valence-corrected chi connectivity index (χ0v) is 12.3. The molecule has 3 rings (SSSR count). The lowest BCUT2D eigenvalue weighted by Crippen LogP contribution is -2.40. The Hall–Kier alpha value is -1.62. The molecule has 21 heavy (non-hydrogen) atoms. The first-order valence-corrected chi connectivity index (χ1v) is 7.58. The summed E-state index contributed by atoms with van der Waals surface area (Å²) >= 11 is 0. The summed E-state index contributed by atoms with van der Waals surface area (Å²) in [5.41, 5.74) is 0.782. The van der Waals surface area contributed by atoms with Gasteiger partial charge < -0.3 is 9.64 Å². The van der Waals surface area contributed by atoms with E-state index < -0.39 is 0 Å². The largest absolute Gasteiger partial charge is 0.494 e. The normalized spacial score (nSPS) is 23.6. The van der Waals surface area contributed by atoms with E-state index in [4.69, 9.17) is 4.74 Å². The number of halogens is 1. The second kappa shape index (κ2) is 6.02. The van der Waals surface area contributed by atoms with Crippen LogP contribution in [-0.2, 0) is 4.79 Å². The fourth-order valence-electron chi connectivity index (χ4n) is 3.42. The van der Waals surface area contributed by atoms with Crippen molar-refractivity contribution in [1.29, 1.82) is 0 Å². The molecular weight excluding hydrogens is 271 g/mol. The first kappa shape index (κ1) is 14.3. The van der Waals surface area contributed by atoms with Crippen LogP contribution in [0.3, 0.4) is 0 Å². The van der Waals surface area contributed by atoms with Crippen molar-refractivity contribution in [3.63, 3.8) is 0 Å². The van der Waals surface area contributed by atoms with E-state index in [2.05, 4.69) is 5.32 Å². The van der Waals surface area contributed by atoms with E-state index in [0.29, 0.717) is 6.54 Å². The fraction of sp³-hybridized carbons (Fsp3) is 0.562. The summed E-state index contributed by atoms with van der Waals surface area (Å²) in [7, 11) is 1.45. The standard InChI is InChI=1S/C16H21FN2O2/c1-21-14-8-7-11(9-13(14)17)16-18-10-15(20)19(16)12-5-3-2-4-6-12/h7-9,12,16,18H,2-6,10H2,1H3. The number of ether oxygens (including phenoxy) is 1. The molecule has 1 aromatic carbocycles. The van der Waals surface area contributed by atoms with Gasteiger partial charge in [-0.3, -0.25) is 10.1 Å². The highest BCUT2D eigenvalue weighted by molar-refractivity contribution is 5.81. The summed E-state index contributed by atoms with van der Waals surface area (Å²) in [6.45, 7) is 0.328. The summed E-state index contributed by atoms with van der Waals surface area (Å²) in [4.78, 5) is 14.1. The van der Waals surface area contributed by atoms with Gasteiger partial charge in [-0.25, -0.2) is 4.39 Å². The second-order valence-corrected chi connectivity index (χ2v) is 5.77. The van der Waals surface area contributed by atoms with E-state index in [1.165, 1.54) is 19.6 Å². The van der Waals surface area contributed by atoms with E-state index in [9.17, 15) is 9.18 Å². The monoisotopic (exact) mass is 292 g/mol. The number of hydrogen-bond acceptors (Lipinski definition) is 3. The molecule has 1 heterocycles. The number of hydrogen-bond donors (Lipinski definition) is 1. The highest BCUT2D eigenvalue weighted by Crippen LogP contribution is 2.33. The Kier molecular flexibility index (Phi) is 4.10. The van der Waals surface area contributed by atoms with E-state index >= 15 is 0 Å². The number of carbonyl (C=O) groups excluding carboxylic acids is 1. The van der Waals surface area contributed by atoms with Crippen LogP contribution in [0.5, 0.6) is 5.75 Å². The lowest BCUT2D eigenvalue weighted by molar-refractivity contribution is -0.131. The minimum absolute atomic E-state index is 0.114. The van der Waals surface area contributed by atoms with Crippen molar-refractivity contribution < 1.29 is 13.9 Å². The molecule has 0 aromatic heterocycles. The topological polar surface area (TPSA) is 41.6 Å². The molecule has 5 heteroatoms. The molecule has 1 amide bonds. The van der Waals surface area contributed by atoms with Crippen molar-refractivity contribution in [2.45, 2.75) is 44.3 Å². The number of nitrogens with one attached hydrogen (secondary N) is 1. The molecule has 1 aliphatic heterocycles. The van der Waals surface area contributed by atoms with E-state index in [1.54, 1.807) is 6.07 Å². The molecule has 1 aliphatic carbocycles. The number of nitrogens with zero attached hydrogens (tertiary/aromatic N) is 1. The lowest BCUT2D eigenvalue weighted by Gasteiger charge is -2.35. The molecule has 0 bridgehead atoms. The van der Waals surface area contributed by atoms with Crippen molar-refractivity contribution in [2.24, 2.45) is 0 Å². The SMILES string of the molecule is COc1ccc(C2NCC(=O)N2C2CCCCC2)cc1F. The zero-order valence-electron chi connectivity index (χ0n) is 12.3. The summed E-state index contributed by atoms with van der Waals surface area (Å²) in [6.07, 6.45) is 5.44. The Bertz CT molecular complexity index is 529. The second-order valence-electron chi connectivity index (χ2n) is 5.77. The third-order valence-corrected chi connectivity index (χ3v) is 4.47. The first-order chi connectivity index (χ1) is 10.2. The smallest absolute Gasteiger partial charge is 0.238 e. The van der Waals surface area contributed by atoms with Gasteiger partial charge in [0.1, 0.15) is 6.17 Å². The van der Waals surface area contributed by atoms with Crippen molar-refractivity contribution in [3.8, 4) is 5.75 Å². The quantitative estimate of drug-likeness (QED) is 0.931. The van der Waals surface area contributed by atoms with Gasteiger partial charge in [-0.15, -0.1) is 0 Å². The average Bonchev–Trinajstić information content (AvgIpc) is 2.90. The predicted molar refractivity (Wildman–Crippen MR) is 77.4 cm³/mol. The van der Waals surface area contributed by atoms with Crippen LogP contribution in [0.2, 0.25) is 0 Å². The van der Waals surface area contributed by atoms with Crippen molar-refractivity contribution in [3.05, 3.63) is 29.6 Å². The van der Waals surface area contributed by atoms with Crippen molar-refractivity contribution >= 4 is 5.91 Å². The Labute approximate surface area is 124 Å². The van der Waals surface area contributed by atoms with Crippen LogP contribution in [0.15, 0.2) is 18.2 Å². The van der Waals surface area contributed by atoms with Gasteiger partial charge >= 0.3 is 0 Å². The molecule has 1 unspecified atom stereocenters. The molecule has 1 aromatic rings. The van der Waals surface area contributed by atoms with E-state index in [-0.39, 0.29) is 29.7 Å². The fourth-order valence-corrected chi connectivity index (χ4v) is 3.42. The lowest BCUT2D eigenvalue weighted by atomic mass is 9.93. The Morgan fingerprint density at radius 2 is 2.05 bits per heavy atom. The maximum absolute atomic E-state index is 13.9. The number of benzene rings is 1. The Balaban J connectivity index is 1.85. The zero-order chi connectivity index (χ0) is 14.8. The summed E-state index contributed by atoms with van der Waals surface area (Å²) < 4.78 is 18.9. The molecule has 1 atom stereocenters. The first-order valence-electron chi connectivity index (χ1n) is 7.58. The number of carbonyl (C=O) groups is 1. The minimum atomic E-state index is -0.389. The van der Waals surface area contributed by atoms with Gasteiger partial charge in [-0.05, 0) is 30.5 Å². The molecule has 1 N–H and O–H groups in total. The van der Waals surface area contributed by atoms with Crippen LogP contribution in [0.25, 0.3) is 0 Å². The Morgan fingerprint density at radius 3 is 2.71 bits per heavy atom. The molecular formula is C16H21FN2O2. The van der Waals surface area contributed by atoms with Crippen molar-refractivity contribution in [2.75, 3.05) is 13.7 Å². The maximum atomic E-state index is 13.9. The van der Waals surface area contributed by atoms with Crippen LogP contribution in [-0.4, -0.2) is 30.5 Å². The van der Waals surface area contributed by atoms with Gasteiger partial charge in [0.15, 0.2) is 11.6 Å². The predicted octanol–water partition coefficient (Wildman–Crippen LogP) is 2.60. The molecule has 2 fully saturated rings. The van der Waals surface area contributed by atoms with Crippen LogP contribution in [0.1, 0.15) is 43.8 Å². The van der Waals surface area contributed by atoms with Gasteiger partial charge in [-0.1, -0.05) is 25.3 Å². The van der Waals surface area contributed by atoms with E-state index in [0.717, 1.165) is 31.2 Å². The summed E-state index contributed by atoms with van der Waals surface area (Å²) in [5, 5.41) is 3.20. The number of amides is 1. The molecule has 0 spiro atoms. The van der Waals surface area contributed by atoms with Gasteiger partial charge in [0, 0.05) is 6.04 Å². The summed E-state index contributed by atoms with van der Waals surface area (Å²) in [5.74, 6) is -0.0461. The van der Waals surface area contributed by atoms with Gasteiger partial charge in [0.2, 0.25) is 5.91 Å². The minimum Gasteiger partial charge on any atom is -0.494 e. The van der Waals surface area contributed by atoms with Crippen LogP contribution in [0.4, 0.5) is 4.39 Å².